The first-order valence-electron chi connectivity index (χ1n) is 3.89. The number of rotatable bonds is 0. The standard InChI is InChI=1S/C6H4BrF3N2.C2H6/c7-4-2-12-5(11)1-3(4)6(8,9)10;1-2/h1-2H,(H2,11,12);1-2H3. The molecule has 0 aliphatic carbocycles. The van der Waals surface area contributed by atoms with Crippen LogP contribution in [-0.2, 0) is 6.18 Å². The minimum absolute atomic E-state index is 0.107. The van der Waals surface area contributed by atoms with Crippen molar-refractivity contribution in [2.24, 2.45) is 0 Å². The maximum atomic E-state index is 12.1. The molecule has 0 radical (unpaired) electrons. The van der Waals surface area contributed by atoms with Gasteiger partial charge in [0.25, 0.3) is 0 Å². The van der Waals surface area contributed by atoms with Gasteiger partial charge in [-0.15, -0.1) is 0 Å². The summed E-state index contributed by atoms with van der Waals surface area (Å²) in [5, 5.41) is 0. The molecule has 0 atom stereocenters. The quantitative estimate of drug-likeness (QED) is 0.784. The van der Waals surface area contributed by atoms with Crippen LogP contribution in [0.15, 0.2) is 16.7 Å². The van der Waals surface area contributed by atoms with Crippen LogP contribution in [0.25, 0.3) is 0 Å². The summed E-state index contributed by atoms with van der Waals surface area (Å²) in [7, 11) is 0. The van der Waals surface area contributed by atoms with E-state index in [0.717, 1.165) is 12.3 Å². The Morgan fingerprint density at radius 2 is 1.86 bits per heavy atom. The highest BCUT2D eigenvalue weighted by Gasteiger charge is 2.33. The first-order chi connectivity index (χ1) is 6.41. The summed E-state index contributed by atoms with van der Waals surface area (Å²) in [6.45, 7) is 4.00. The van der Waals surface area contributed by atoms with E-state index in [1.807, 2.05) is 13.8 Å². The second-order valence-corrected chi connectivity index (χ2v) is 2.94. The van der Waals surface area contributed by atoms with Crippen LogP contribution in [0.5, 0.6) is 0 Å². The Kier molecular flexibility index (Phi) is 4.90. The zero-order valence-electron chi connectivity index (χ0n) is 7.69. The number of hydrogen-bond acceptors (Lipinski definition) is 2. The summed E-state index contributed by atoms with van der Waals surface area (Å²) in [5.41, 5.74) is 4.28. The van der Waals surface area contributed by atoms with E-state index >= 15 is 0 Å². The second-order valence-electron chi connectivity index (χ2n) is 2.09. The van der Waals surface area contributed by atoms with Gasteiger partial charge in [-0.2, -0.15) is 13.2 Å². The minimum Gasteiger partial charge on any atom is -0.384 e. The highest BCUT2D eigenvalue weighted by atomic mass is 79.9. The van der Waals surface area contributed by atoms with Crippen LogP contribution in [0.4, 0.5) is 19.0 Å². The molecule has 0 aliphatic heterocycles. The Morgan fingerprint density at radius 1 is 1.36 bits per heavy atom. The van der Waals surface area contributed by atoms with Crippen molar-refractivity contribution >= 4 is 21.7 Å². The summed E-state index contributed by atoms with van der Waals surface area (Å²) < 4.78 is 36.2. The Balaban J connectivity index is 0.000000791. The molecule has 0 fully saturated rings. The van der Waals surface area contributed by atoms with E-state index in [-0.39, 0.29) is 10.3 Å². The van der Waals surface area contributed by atoms with E-state index in [9.17, 15) is 13.2 Å². The number of hydrogen-bond donors (Lipinski definition) is 1. The molecule has 14 heavy (non-hydrogen) atoms. The highest BCUT2D eigenvalue weighted by molar-refractivity contribution is 9.10. The SMILES string of the molecule is CC.Nc1cc(C(F)(F)F)c(Br)cn1. The molecule has 1 heterocycles. The fraction of sp³-hybridized carbons (Fsp3) is 0.375. The van der Waals surface area contributed by atoms with Crippen LogP contribution in [0.1, 0.15) is 19.4 Å². The molecule has 0 saturated carbocycles. The Bertz CT molecular complexity index is 299. The van der Waals surface area contributed by atoms with Gasteiger partial charge in [0.1, 0.15) is 5.82 Å². The zero-order chi connectivity index (χ0) is 11.4. The lowest BCUT2D eigenvalue weighted by Crippen LogP contribution is -2.07. The lowest BCUT2D eigenvalue weighted by molar-refractivity contribution is -0.138. The van der Waals surface area contributed by atoms with Gasteiger partial charge < -0.3 is 5.73 Å². The number of halogens is 4. The molecule has 0 spiro atoms. The number of nitrogens with zero attached hydrogens (tertiary/aromatic N) is 1. The van der Waals surface area contributed by atoms with E-state index in [2.05, 4.69) is 20.9 Å². The summed E-state index contributed by atoms with van der Waals surface area (Å²) in [6.07, 6.45) is -3.37. The zero-order valence-corrected chi connectivity index (χ0v) is 9.28. The van der Waals surface area contributed by atoms with Crippen molar-refractivity contribution in [3.8, 4) is 0 Å². The van der Waals surface area contributed by atoms with E-state index in [1.165, 1.54) is 0 Å². The number of nitrogen functional groups attached to an aromatic ring is 1. The topological polar surface area (TPSA) is 38.9 Å². The number of anilines is 1. The van der Waals surface area contributed by atoms with E-state index in [0.29, 0.717) is 0 Å². The van der Waals surface area contributed by atoms with Crippen LogP contribution < -0.4 is 5.73 Å². The van der Waals surface area contributed by atoms with Crippen molar-refractivity contribution in [2.75, 3.05) is 5.73 Å². The van der Waals surface area contributed by atoms with Crippen LogP contribution in [-0.4, -0.2) is 4.98 Å². The van der Waals surface area contributed by atoms with Gasteiger partial charge >= 0.3 is 6.18 Å². The monoisotopic (exact) mass is 270 g/mol. The number of nitrogens with two attached hydrogens (primary N) is 1. The molecule has 6 heteroatoms. The van der Waals surface area contributed by atoms with Gasteiger partial charge in [0.2, 0.25) is 0 Å². The van der Waals surface area contributed by atoms with E-state index in [1.54, 1.807) is 0 Å². The van der Waals surface area contributed by atoms with Gasteiger partial charge in [-0.1, -0.05) is 13.8 Å². The summed E-state index contributed by atoms with van der Waals surface area (Å²) >= 11 is 2.73. The maximum absolute atomic E-state index is 12.1. The van der Waals surface area contributed by atoms with Gasteiger partial charge in [0.05, 0.1) is 5.56 Å². The molecule has 0 aliphatic rings. The van der Waals surface area contributed by atoms with Crippen molar-refractivity contribution < 1.29 is 13.2 Å². The second kappa shape index (κ2) is 5.19. The Hall–Kier alpha value is -0.780. The maximum Gasteiger partial charge on any atom is 0.417 e. The first kappa shape index (κ1) is 13.2. The molecule has 2 nitrogen and oxygen atoms in total. The van der Waals surface area contributed by atoms with Gasteiger partial charge in [0, 0.05) is 10.7 Å². The average molecular weight is 271 g/mol. The van der Waals surface area contributed by atoms with Gasteiger partial charge in [-0.3, -0.25) is 0 Å². The molecule has 0 unspecified atom stereocenters. The van der Waals surface area contributed by atoms with Crippen LogP contribution in [0.3, 0.4) is 0 Å². The highest BCUT2D eigenvalue weighted by Crippen LogP contribution is 2.34. The summed E-state index contributed by atoms with van der Waals surface area (Å²) in [6, 6.07) is 0.782. The largest absolute Gasteiger partial charge is 0.417 e. The molecule has 1 aromatic heterocycles. The Labute approximate surface area is 88.5 Å². The van der Waals surface area contributed by atoms with Gasteiger partial charge in [-0.05, 0) is 22.0 Å². The lowest BCUT2D eigenvalue weighted by Gasteiger charge is -2.08. The summed E-state index contributed by atoms with van der Waals surface area (Å²) in [4.78, 5) is 3.48. The predicted molar refractivity (Wildman–Crippen MR) is 52.7 cm³/mol. The normalized spacial score (nSPS) is 10.4. The fourth-order valence-corrected chi connectivity index (χ4v) is 1.11. The molecular formula is C8H10BrF3N2. The molecule has 0 amide bonds. The minimum atomic E-state index is -4.39. The third kappa shape index (κ3) is 3.53. The average Bonchev–Trinajstić information content (AvgIpc) is 2.11. The lowest BCUT2D eigenvalue weighted by atomic mass is 10.2. The van der Waals surface area contributed by atoms with Crippen LogP contribution >= 0.6 is 15.9 Å². The van der Waals surface area contributed by atoms with Crippen molar-refractivity contribution in [1.29, 1.82) is 0 Å². The fourth-order valence-electron chi connectivity index (χ4n) is 0.672. The van der Waals surface area contributed by atoms with Crippen LogP contribution in [0, 0.1) is 0 Å². The molecule has 0 saturated heterocycles. The number of aromatic nitrogens is 1. The molecule has 0 bridgehead atoms. The first-order valence-corrected chi connectivity index (χ1v) is 4.69. The van der Waals surface area contributed by atoms with E-state index < -0.39 is 11.7 Å². The molecule has 1 aromatic rings. The molecular weight excluding hydrogens is 261 g/mol. The molecule has 1 rings (SSSR count). The number of pyridine rings is 1. The third-order valence-electron chi connectivity index (χ3n) is 1.18. The van der Waals surface area contributed by atoms with Crippen molar-refractivity contribution in [2.45, 2.75) is 20.0 Å². The molecule has 2 N–H and O–H groups in total. The van der Waals surface area contributed by atoms with Crippen molar-refractivity contribution in [3.05, 3.63) is 22.3 Å². The molecule has 80 valence electrons. The third-order valence-corrected chi connectivity index (χ3v) is 1.81. The van der Waals surface area contributed by atoms with Gasteiger partial charge in [-0.25, -0.2) is 4.98 Å². The summed E-state index contributed by atoms with van der Waals surface area (Å²) in [5.74, 6) is -0.148. The Morgan fingerprint density at radius 3 is 2.21 bits per heavy atom. The van der Waals surface area contributed by atoms with Crippen molar-refractivity contribution in [1.82, 2.24) is 4.98 Å². The van der Waals surface area contributed by atoms with Gasteiger partial charge in [0.15, 0.2) is 0 Å². The van der Waals surface area contributed by atoms with E-state index in [4.69, 9.17) is 5.73 Å². The number of alkyl halides is 3. The van der Waals surface area contributed by atoms with Crippen molar-refractivity contribution in [3.63, 3.8) is 0 Å². The smallest absolute Gasteiger partial charge is 0.384 e. The molecule has 0 aromatic carbocycles. The van der Waals surface area contributed by atoms with Crippen LogP contribution in [0.2, 0.25) is 0 Å². The predicted octanol–water partition coefficient (Wildman–Crippen LogP) is 3.47.